The normalized spacial score (nSPS) is 10.9. The van der Waals surface area contributed by atoms with E-state index in [0.29, 0.717) is 13.2 Å². The van der Waals surface area contributed by atoms with Crippen LogP contribution < -0.4 is 15.4 Å². The van der Waals surface area contributed by atoms with Crippen LogP contribution in [0.5, 0.6) is 5.75 Å². The minimum Gasteiger partial charge on any atom is -0.494 e. The lowest BCUT2D eigenvalue weighted by Gasteiger charge is -2.11. The van der Waals surface area contributed by atoms with Crippen LogP contribution in [0.3, 0.4) is 0 Å². The van der Waals surface area contributed by atoms with Crippen molar-refractivity contribution in [1.82, 2.24) is 10.6 Å². The summed E-state index contributed by atoms with van der Waals surface area (Å²) >= 11 is 0. The van der Waals surface area contributed by atoms with E-state index in [4.69, 9.17) is 9.47 Å². The van der Waals surface area contributed by atoms with Gasteiger partial charge in [-0.15, -0.1) is 24.0 Å². The molecule has 1 aromatic carbocycles. The zero-order valence-electron chi connectivity index (χ0n) is 15.1. The van der Waals surface area contributed by atoms with Gasteiger partial charge < -0.3 is 20.1 Å². The summed E-state index contributed by atoms with van der Waals surface area (Å²) in [5, 5.41) is 6.63. The van der Waals surface area contributed by atoms with Crippen LogP contribution in [0.1, 0.15) is 39.2 Å². The second-order valence-corrected chi connectivity index (χ2v) is 5.11. The fraction of sp³-hybridized carbons (Fsp3) is 0.611. The number of benzene rings is 1. The van der Waals surface area contributed by atoms with Crippen molar-refractivity contribution in [2.75, 3.05) is 32.9 Å². The Morgan fingerprint density at radius 1 is 1.08 bits per heavy atom. The maximum Gasteiger partial charge on any atom is 0.191 e. The molecule has 0 aliphatic heterocycles. The van der Waals surface area contributed by atoms with E-state index in [1.54, 1.807) is 0 Å². The van der Waals surface area contributed by atoms with Gasteiger partial charge in [-0.25, -0.2) is 4.99 Å². The van der Waals surface area contributed by atoms with E-state index in [-0.39, 0.29) is 24.0 Å². The number of nitrogens with one attached hydrogen (secondary N) is 2. The molecule has 0 aliphatic carbocycles. The van der Waals surface area contributed by atoms with E-state index in [2.05, 4.69) is 28.6 Å². The van der Waals surface area contributed by atoms with Crippen molar-refractivity contribution in [2.24, 2.45) is 4.99 Å². The molecule has 0 radical (unpaired) electrons. The van der Waals surface area contributed by atoms with Crippen LogP contribution in [0, 0.1) is 0 Å². The average molecular weight is 449 g/mol. The molecule has 0 bridgehead atoms. The Bertz CT molecular complexity index is 456. The fourth-order valence-electron chi connectivity index (χ4n) is 2.09. The number of rotatable bonds is 11. The maximum atomic E-state index is 5.52. The summed E-state index contributed by atoms with van der Waals surface area (Å²) in [6.07, 6.45) is 2.14. The Morgan fingerprint density at radius 3 is 2.62 bits per heavy atom. The zero-order valence-corrected chi connectivity index (χ0v) is 17.5. The summed E-state index contributed by atoms with van der Waals surface area (Å²) in [6.45, 7) is 10.8. The predicted molar refractivity (Wildman–Crippen MR) is 112 cm³/mol. The van der Waals surface area contributed by atoms with Gasteiger partial charge in [0.15, 0.2) is 5.96 Å². The fourth-order valence-corrected chi connectivity index (χ4v) is 2.09. The van der Waals surface area contributed by atoms with Crippen LogP contribution in [0.4, 0.5) is 0 Å². The molecular formula is C18H32IN3O2. The quantitative estimate of drug-likeness (QED) is 0.235. The molecule has 0 fully saturated rings. The van der Waals surface area contributed by atoms with Gasteiger partial charge in [-0.3, -0.25) is 0 Å². The first-order chi connectivity index (χ1) is 11.3. The van der Waals surface area contributed by atoms with Gasteiger partial charge in [-0.1, -0.05) is 12.1 Å². The number of guanidine groups is 1. The molecule has 0 amide bonds. The molecule has 0 saturated carbocycles. The molecule has 0 atom stereocenters. The Morgan fingerprint density at radius 2 is 1.92 bits per heavy atom. The van der Waals surface area contributed by atoms with Gasteiger partial charge in [0.05, 0.1) is 13.2 Å². The third-order valence-corrected chi connectivity index (χ3v) is 3.19. The molecule has 138 valence electrons. The van der Waals surface area contributed by atoms with E-state index in [1.807, 2.05) is 32.0 Å². The Hall–Kier alpha value is -1.02. The topological polar surface area (TPSA) is 54.9 Å². The minimum atomic E-state index is 0. The third kappa shape index (κ3) is 10.7. The van der Waals surface area contributed by atoms with Gasteiger partial charge in [0.1, 0.15) is 5.75 Å². The molecule has 5 nitrogen and oxygen atoms in total. The lowest BCUT2D eigenvalue weighted by atomic mass is 10.2. The Labute approximate surface area is 163 Å². The molecule has 0 aromatic heterocycles. The molecule has 0 heterocycles. The number of hydrogen-bond acceptors (Lipinski definition) is 3. The smallest absolute Gasteiger partial charge is 0.191 e. The molecule has 2 N–H and O–H groups in total. The zero-order chi connectivity index (χ0) is 16.8. The highest BCUT2D eigenvalue weighted by Gasteiger charge is 1.99. The van der Waals surface area contributed by atoms with Gasteiger partial charge in [-0.05, 0) is 51.3 Å². The largest absolute Gasteiger partial charge is 0.494 e. The van der Waals surface area contributed by atoms with E-state index >= 15 is 0 Å². The summed E-state index contributed by atoms with van der Waals surface area (Å²) in [4.78, 5) is 4.63. The van der Waals surface area contributed by atoms with E-state index in [0.717, 1.165) is 56.4 Å². The maximum absolute atomic E-state index is 5.52. The van der Waals surface area contributed by atoms with Crippen molar-refractivity contribution >= 4 is 29.9 Å². The Balaban J connectivity index is 0.00000529. The number of aliphatic imine (C=N–C) groups is 1. The summed E-state index contributed by atoms with van der Waals surface area (Å²) in [5.41, 5.74) is 1.14. The molecule has 0 unspecified atom stereocenters. The standard InChI is InChI=1S/C18H31N3O2.HI/c1-4-19-18(20-12-7-8-13-22-5-2)21-15-16-10-9-11-17(14-16)23-6-3;/h9-11,14H,4-8,12-13,15H2,1-3H3,(H2,19,20,21);1H. The molecule has 0 saturated heterocycles. The van der Waals surface area contributed by atoms with Gasteiger partial charge >= 0.3 is 0 Å². The third-order valence-electron chi connectivity index (χ3n) is 3.19. The highest BCUT2D eigenvalue weighted by atomic mass is 127. The number of ether oxygens (including phenoxy) is 2. The van der Waals surface area contributed by atoms with Crippen molar-refractivity contribution < 1.29 is 9.47 Å². The lowest BCUT2D eigenvalue weighted by molar-refractivity contribution is 0.143. The number of halogens is 1. The van der Waals surface area contributed by atoms with Crippen LogP contribution in [-0.2, 0) is 11.3 Å². The summed E-state index contributed by atoms with van der Waals surface area (Å²) in [7, 11) is 0. The first-order valence-corrected chi connectivity index (χ1v) is 8.61. The van der Waals surface area contributed by atoms with Gasteiger partial charge in [-0.2, -0.15) is 0 Å². The van der Waals surface area contributed by atoms with Gasteiger partial charge in [0.25, 0.3) is 0 Å². The molecule has 1 rings (SSSR count). The molecule has 6 heteroatoms. The molecular weight excluding hydrogens is 417 g/mol. The van der Waals surface area contributed by atoms with Crippen LogP contribution in [-0.4, -0.2) is 38.9 Å². The minimum absolute atomic E-state index is 0. The van der Waals surface area contributed by atoms with Crippen molar-refractivity contribution in [3.8, 4) is 5.75 Å². The first-order valence-electron chi connectivity index (χ1n) is 8.61. The van der Waals surface area contributed by atoms with Gasteiger partial charge in [0.2, 0.25) is 0 Å². The second kappa shape index (κ2) is 15.5. The molecule has 0 spiro atoms. The van der Waals surface area contributed by atoms with Crippen molar-refractivity contribution in [3.05, 3.63) is 29.8 Å². The van der Waals surface area contributed by atoms with E-state index < -0.39 is 0 Å². The highest BCUT2D eigenvalue weighted by Crippen LogP contribution is 2.13. The molecule has 1 aromatic rings. The van der Waals surface area contributed by atoms with Gasteiger partial charge in [0, 0.05) is 26.3 Å². The van der Waals surface area contributed by atoms with Crippen LogP contribution in [0.15, 0.2) is 29.3 Å². The number of unbranched alkanes of at least 4 members (excludes halogenated alkanes) is 1. The van der Waals surface area contributed by atoms with E-state index in [9.17, 15) is 0 Å². The summed E-state index contributed by atoms with van der Waals surface area (Å²) < 4.78 is 10.9. The SMILES string of the molecule is CCNC(=NCc1cccc(OCC)c1)NCCCCOCC.I. The second-order valence-electron chi connectivity index (χ2n) is 5.11. The number of nitrogens with zero attached hydrogens (tertiary/aromatic N) is 1. The van der Waals surface area contributed by atoms with Crippen molar-refractivity contribution in [1.29, 1.82) is 0 Å². The first kappa shape index (κ1) is 23.0. The van der Waals surface area contributed by atoms with E-state index in [1.165, 1.54) is 0 Å². The monoisotopic (exact) mass is 449 g/mol. The molecule has 0 aliphatic rings. The number of hydrogen-bond donors (Lipinski definition) is 2. The summed E-state index contributed by atoms with van der Waals surface area (Å²) in [5.74, 6) is 1.75. The van der Waals surface area contributed by atoms with Crippen molar-refractivity contribution in [2.45, 2.75) is 40.2 Å². The Kier molecular flexibility index (Phi) is 14.8. The van der Waals surface area contributed by atoms with Crippen LogP contribution in [0.25, 0.3) is 0 Å². The summed E-state index contributed by atoms with van der Waals surface area (Å²) in [6, 6.07) is 8.08. The predicted octanol–water partition coefficient (Wildman–Crippen LogP) is 3.58. The van der Waals surface area contributed by atoms with Crippen LogP contribution in [0.2, 0.25) is 0 Å². The van der Waals surface area contributed by atoms with Crippen LogP contribution >= 0.6 is 24.0 Å². The molecule has 24 heavy (non-hydrogen) atoms. The highest BCUT2D eigenvalue weighted by molar-refractivity contribution is 14.0. The van der Waals surface area contributed by atoms with Crippen molar-refractivity contribution in [3.63, 3.8) is 0 Å². The lowest BCUT2D eigenvalue weighted by Crippen LogP contribution is -2.37. The average Bonchev–Trinajstić information content (AvgIpc) is 2.56.